The number of aromatic nitrogens is 2. The fourth-order valence-electron chi connectivity index (χ4n) is 2.57. The van der Waals surface area contributed by atoms with Gasteiger partial charge in [0.05, 0.1) is 20.2 Å². The molecule has 146 valence electrons. The minimum absolute atomic E-state index is 0.353. The predicted octanol–water partition coefficient (Wildman–Crippen LogP) is 3.65. The second-order valence-corrected chi connectivity index (χ2v) is 6.32. The van der Waals surface area contributed by atoms with Crippen molar-refractivity contribution in [2.75, 3.05) is 13.7 Å². The van der Waals surface area contributed by atoms with Crippen LogP contribution in [0.4, 0.5) is 0 Å². The molecule has 0 radical (unpaired) electrons. The molecule has 0 amide bonds. The zero-order chi connectivity index (χ0) is 19.8. The van der Waals surface area contributed by atoms with Gasteiger partial charge in [-0.1, -0.05) is 47.1 Å². The van der Waals surface area contributed by atoms with Gasteiger partial charge in [0.15, 0.2) is 5.96 Å². The Bertz CT molecular complexity index is 942. The highest BCUT2D eigenvalue weighted by molar-refractivity contribution is 6.30. The van der Waals surface area contributed by atoms with Crippen LogP contribution in [0, 0.1) is 0 Å². The Morgan fingerprint density at radius 2 is 2.04 bits per heavy atom. The van der Waals surface area contributed by atoms with Gasteiger partial charge in [0.1, 0.15) is 5.75 Å². The van der Waals surface area contributed by atoms with E-state index in [4.69, 9.17) is 20.9 Å². The molecule has 28 heavy (non-hydrogen) atoms. The summed E-state index contributed by atoms with van der Waals surface area (Å²) in [5.41, 5.74) is 1.81. The molecule has 0 aliphatic heterocycles. The lowest BCUT2D eigenvalue weighted by molar-refractivity contribution is 0.375. The molecule has 3 aromatic rings. The Balaban J connectivity index is 1.65. The lowest BCUT2D eigenvalue weighted by atomic mass is 10.2. The molecule has 0 unspecified atom stereocenters. The van der Waals surface area contributed by atoms with Crippen LogP contribution in [0.5, 0.6) is 5.75 Å². The number of benzene rings is 2. The highest BCUT2D eigenvalue weighted by atomic mass is 35.5. The molecule has 3 rings (SSSR count). The van der Waals surface area contributed by atoms with Crippen LogP contribution in [-0.4, -0.2) is 29.8 Å². The number of guanidine groups is 1. The van der Waals surface area contributed by atoms with Crippen LogP contribution >= 0.6 is 11.6 Å². The Kier molecular flexibility index (Phi) is 6.86. The Morgan fingerprint density at radius 3 is 2.82 bits per heavy atom. The molecule has 7 nitrogen and oxygen atoms in total. The second-order valence-electron chi connectivity index (χ2n) is 5.88. The highest BCUT2D eigenvalue weighted by Gasteiger charge is 2.10. The Hall–Kier alpha value is -3.06. The average Bonchev–Trinajstić information content (AvgIpc) is 3.19. The van der Waals surface area contributed by atoms with Crippen molar-refractivity contribution in [3.8, 4) is 17.1 Å². The van der Waals surface area contributed by atoms with Crippen LogP contribution in [-0.2, 0) is 13.1 Å². The molecule has 0 bridgehead atoms. The summed E-state index contributed by atoms with van der Waals surface area (Å²) in [6, 6.07) is 15.1. The van der Waals surface area contributed by atoms with Crippen LogP contribution in [0.3, 0.4) is 0 Å². The maximum Gasteiger partial charge on any atom is 0.246 e. The van der Waals surface area contributed by atoms with E-state index in [0.29, 0.717) is 35.8 Å². The van der Waals surface area contributed by atoms with Gasteiger partial charge in [-0.05, 0) is 25.1 Å². The standard InChI is InChI=1S/C20H22ClN5O2/c1-3-22-20(23-12-15-7-4-5-10-17(15)27-2)24-13-18-25-19(26-28-18)14-8-6-9-16(21)11-14/h4-11H,3,12-13H2,1-2H3,(H2,22,23,24). The Morgan fingerprint density at radius 1 is 1.18 bits per heavy atom. The zero-order valence-electron chi connectivity index (χ0n) is 15.8. The molecule has 8 heteroatoms. The van der Waals surface area contributed by atoms with Gasteiger partial charge in [0, 0.05) is 22.7 Å². The summed E-state index contributed by atoms with van der Waals surface area (Å²) < 4.78 is 10.7. The van der Waals surface area contributed by atoms with E-state index >= 15 is 0 Å². The third-order valence-electron chi connectivity index (χ3n) is 3.90. The third kappa shape index (κ3) is 5.23. The molecule has 0 saturated heterocycles. The summed E-state index contributed by atoms with van der Waals surface area (Å²) in [5, 5.41) is 11.0. The van der Waals surface area contributed by atoms with Crippen molar-refractivity contribution >= 4 is 17.6 Å². The van der Waals surface area contributed by atoms with Crippen LogP contribution in [0.25, 0.3) is 11.4 Å². The third-order valence-corrected chi connectivity index (χ3v) is 4.14. The largest absolute Gasteiger partial charge is 0.496 e. The number of nitrogens with one attached hydrogen (secondary N) is 2. The summed E-state index contributed by atoms with van der Waals surface area (Å²) >= 11 is 6.01. The normalized spacial score (nSPS) is 11.3. The molecule has 0 spiro atoms. The zero-order valence-corrected chi connectivity index (χ0v) is 16.5. The first-order valence-electron chi connectivity index (χ1n) is 8.92. The minimum Gasteiger partial charge on any atom is -0.496 e. The van der Waals surface area contributed by atoms with Gasteiger partial charge in [-0.3, -0.25) is 0 Å². The van der Waals surface area contributed by atoms with Crippen molar-refractivity contribution < 1.29 is 9.26 Å². The van der Waals surface area contributed by atoms with Gasteiger partial charge in [-0.25, -0.2) is 4.99 Å². The molecule has 1 aromatic heterocycles. The quantitative estimate of drug-likeness (QED) is 0.466. The lowest BCUT2D eigenvalue weighted by Crippen LogP contribution is -2.36. The van der Waals surface area contributed by atoms with Gasteiger partial charge < -0.3 is 19.9 Å². The maximum absolute atomic E-state index is 6.01. The van der Waals surface area contributed by atoms with E-state index in [2.05, 4.69) is 25.8 Å². The topological polar surface area (TPSA) is 84.6 Å². The van der Waals surface area contributed by atoms with Crippen molar-refractivity contribution in [2.24, 2.45) is 4.99 Å². The van der Waals surface area contributed by atoms with Crippen LogP contribution < -0.4 is 15.4 Å². The summed E-state index contributed by atoms with van der Waals surface area (Å²) in [6.45, 7) is 3.57. The first-order valence-corrected chi connectivity index (χ1v) is 9.30. The van der Waals surface area contributed by atoms with Crippen LogP contribution in [0.15, 0.2) is 58.0 Å². The van der Waals surface area contributed by atoms with E-state index in [1.807, 2.05) is 43.3 Å². The first-order chi connectivity index (χ1) is 13.7. The predicted molar refractivity (Wildman–Crippen MR) is 109 cm³/mol. The number of para-hydroxylation sites is 1. The molecular formula is C20H22ClN5O2. The number of hydrogen-bond donors (Lipinski definition) is 2. The number of hydrogen-bond acceptors (Lipinski definition) is 5. The van der Waals surface area contributed by atoms with E-state index in [9.17, 15) is 0 Å². The summed E-state index contributed by atoms with van der Waals surface area (Å²) in [4.78, 5) is 8.99. The van der Waals surface area contributed by atoms with E-state index in [1.54, 1.807) is 19.2 Å². The van der Waals surface area contributed by atoms with Gasteiger partial charge in [-0.2, -0.15) is 4.98 Å². The molecular weight excluding hydrogens is 378 g/mol. The molecule has 0 saturated carbocycles. The molecule has 0 atom stereocenters. The first kappa shape index (κ1) is 19.7. The minimum atomic E-state index is 0.353. The molecule has 0 aliphatic carbocycles. The van der Waals surface area contributed by atoms with Gasteiger partial charge in [0.2, 0.25) is 11.7 Å². The lowest BCUT2D eigenvalue weighted by Gasteiger charge is -2.10. The van der Waals surface area contributed by atoms with Gasteiger partial charge >= 0.3 is 0 Å². The van der Waals surface area contributed by atoms with Crippen molar-refractivity contribution in [3.05, 3.63) is 65.0 Å². The van der Waals surface area contributed by atoms with E-state index in [1.165, 1.54) is 0 Å². The second kappa shape index (κ2) is 9.75. The fraction of sp³-hybridized carbons (Fsp3) is 0.250. The summed E-state index contributed by atoms with van der Waals surface area (Å²) in [5.74, 6) is 2.41. The van der Waals surface area contributed by atoms with Crippen molar-refractivity contribution in [2.45, 2.75) is 20.0 Å². The number of nitrogens with zero attached hydrogens (tertiary/aromatic N) is 3. The number of halogens is 1. The number of ether oxygens (including phenoxy) is 1. The number of methoxy groups -OCH3 is 1. The van der Waals surface area contributed by atoms with E-state index in [-0.39, 0.29) is 0 Å². The van der Waals surface area contributed by atoms with Crippen molar-refractivity contribution in [1.82, 2.24) is 20.8 Å². The molecule has 2 N–H and O–H groups in total. The smallest absolute Gasteiger partial charge is 0.246 e. The van der Waals surface area contributed by atoms with Gasteiger partial charge in [0.25, 0.3) is 0 Å². The molecule has 0 aliphatic rings. The summed E-state index contributed by atoms with van der Waals surface area (Å²) in [6.07, 6.45) is 0. The molecule has 1 heterocycles. The van der Waals surface area contributed by atoms with Gasteiger partial charge in [-0.15, -0.1) is 0 Å². The summed E-state index contributed by atoms with van der Waals surface area (Å²) in [7, 11) is 1.65. The molecule has 0 fully saturated rings. The number of rotatable bonds is 7. The van der Waals surface area contributed by atoms with E-state index in [0.717, 1.165) is 23.4 Å². The monoisotopic (exact) mass is 399 g/mol. The molecule has 2 aromatic carbocycles. The van der Waals surface area contributed by atoms with Crippen molar-refractivity contribution in [1.29, 1.82) is 0 Å². The SMILES string of the molecule is CCNC(=NCc1ccccc1OC)NCc1nc(-c2cccc(Cl)c2)no1. The highest BCUT2D eigenvalue weighted by Crippen LogP contribution is 2.20. The van der Waals surface area contributed by atoms with Crippen molar-refractivity contribution in [3.63, 3.8) is 0 Å². The van der Waals surface area contributed by atoms with Crippen LogP contribution in [0.1, 0.15) is 18.4 Å². The van der Waals surface area contributed by atoms with Crippen LogP contribution in [0.2, 0.25) is 5.02 Å². The Labute approximate surface area is 168 Å². The fourth-order valence-corrected chi connectivity index (χ4v) is 2.76. The number of aliphatic imine (C=N–C) groups is 1. The van der Waals surface area contributed by atoms with E-state index < -0.39 is 0 Å². The maximum atomic E-state index is 6.01. The average molecular weight is 400 g/mol.